The van der Waals surface area contributed by atoms with Crippen LogP contribution in [-0.4, -0.2) is 29.7 Å². The van der Waals surface area contributed by atoms with Crippen LogP contribution in [-0.2, 0) is 4.74 Å². The van der Waals surface area contributed by atoms with Crippen LogP contribution in [0.3, 0.4) is 0 Å². The predicted molar refractivity (Wildman–Crippen MR) is 76.0 cm³/mol. The summed E-state index contributed by atoms with van der Waals surface area (Å²) in [4.78, 5) is 8.91. The van der Waals surface area contributed by atoms with Crippen molar-refractivity contribution in [2.24, 2.45) is 5.92 Å². The molecule has 4 heteroatoms. The number of aryl methyl sites for hydroxylation is 1. The molecular formula is C15H25N3O. The van der Waals surface area contributed by atoms with Crippen molar-refractivity contribution in [3.63, 3.8) is 0 Å². The topological polar surface area (TPSA) is 47.0 Å². The molecule has 0 radical (unpaired) electrons. The molecule has 0 amide bonds. The van der Waals surface area contributed by atoms with Crippen LogP contribution in [0, 0.1) is 12.8 Å². The van der Waals surface area contributed by atoms with Gasteiger partial charge in [-0.05, 0) is 45.1 Å². The Morgan fingerprint density at radius 3 is 2.74 bits per heavy atom. The number of rotatable bonds is 6. The molecule has 1 aromatic heterocycles. The maximum atomic E-state index is 5.44. The number of aromatic nitrogens is 2. The van der Waals surface area contributed by atoms with Crippen LogP contribution in [0.25, 0.3) is 0 Å². The highest BCUT2D eigenvalue weighted by Crippen LogP contribution is 2.26. The van der Waals surface area contributed by atoms with Gasteiger partial charge in [0.2, 0.25) is 0 Å². The number of nitrogens with zero attached hydrogens (tertiary/aromatic N) is 2. The van der Waals surface area contributed by atoms with Crippen LogP contribution in [0.2, 0.25) is 0 Å². The zero-order chi connectivity index (χ0) is 13.5. The van der Waals surface area contributed by atoms with Gasteiger partial charge in [0.15, 0.2) is 0 Å². The van der Waals surface area contributed by atoms with E-state index in [9.17, 15) is 0 Å². The molecule has 0 aliphatic carbocycles. The fourth-order valence-corrected chi connectivity index (χ4v) is 2.53. The predicted octanol–water partition coefficient (Wildman–Crippen LogP) is 2.64. The Labute approximate surface area is 116 Å². The fraction of sp³-hybridized carbons (Fsp3) is 0.733. The highest BCUT2D eigenvalue weighted by Gasteiger charge is 2.21. The average molecular weight is 263 g/mol. The third-order valence-corrected chi connectivity index (χ3v) is 3.71. The molecule has 1 fully saturated rings. The largest absolute Gasteiger partial charge is 0.381 e. The third kappa shape index (κ3) is 4.55. The van der Waals surface area contributed by atoms with Crippen molar-refractivity contribution >= 4 is 0 Å². The Morgan fingerprint density at radius 2 is 2.11 bits per heavy atom. The van der Waals surface area contributed by atoms with Crippen LogP contribution in [0.4, 0.5) is 0 Å². The molecule has 1 saturated heterocycles. The molecule has 1 N–H and O–H groups in total. The van der Waals surface area contributed by atoms with E-state index in [1.165, 1.54) is 12.8 Å². The summed E-state index contributed by atoms with van der Waals surface area (Å²) in [6.07, 6.45) is 8.40. The molecule has 0 bridgehead atoms. The summed E-state index contributed by atoms with van der Waals surface area (Å²) in [7, 11) is 0. The molecule has 0 saturated carbocycles. The lowest BCUT2D eigenvalue weighted by molar-refractivity contribution is 0.0603. The summed E-state index contributed by atoms with van der Waals surface area (Å²) in [5, 5.41) is 3.61. The van der Waals surface area contributed by atoms with Gasteiger partial charge in [-0.15, -0.1) is 0 Å². The Balaban J connectivity index is 1.99. The minimum Gasteiger partial charge on any atom is -0.381 e. The average Bonchev–Trinajstić information content (AvgIpc) is 2.45. The van der Waals surface area contributed by atoms with E-state index in [2.05, 4.69) is 22.2 Å². The number of nitrogens with one attached hydrogen (secondary N) is 1. The smallest absolute Gasteiger partial charge is 0.0756 e. The highest BCUT2D eigenvalue weighted by atomic mass is 16.5. The summed E-state index contributed by atoms with van der Waals surface area (Å²) in [6.45, 7) is 7.02. The first-order valence-corrected chi connectivity index (χ1v) is 7.39. The summed E-state index contributed by atoms with van der Waals surface area (Å²) in [6, 6.07) is 0.330. The van der Waals surface area contributed by atoms with E-state index >= 15 is 0 Å². The Bertz CT molecular complexity index is 360. The number of ether oxygens (including phenoxy) is 1. The summed E-state index contributed by atoms with van der Waals surface area (Å²) < 4.78 is 5.44. The van der Waals surface area contributed by atoms with E-state index in [1.807, 2.05) is 19.3 Å². The zero-order valence-electron chi connectivity index (χ0n) is 12.1. The molecule has 1 aromatic rings. The van der Waals surface area contributed by atoms with Crippen LogP contribution in [0.15, 0.2) is 12.4 Å². The van der Waals surface area contributed by atoms with Gasteiger partial charge in [-0.25, -0.2) is 0 Å². The second-order valence-corrected chi connectivity index (χ2v) is 5.38. The highest BCUT2D eigenvalue weighted by molar-refractivity contribution is 5.06. The van der Waals surface area contributed by atoms with Crippen LogP contribution in [0.5, 0.6) is 0 Å². The quantitative estimate of drug-likeness (QED) is 0.857. The molecule has 19 heavy (non-hydrogen) atoms. The monoisotopic (exact) mass is 263 g/mol. The fourth-order valence-electron chi connectivity index (χ4n) is 2.53. The molecule has 106 valence electrons. The molecule has 1 unspecified atom stereocenters. The van der Waals surface area contributed by atoms with Crippen LogP contribution < -0.4 is 5.32 Å². The van der Waals surface area contributed by atoms with Crippen molar-refractivity contribution in [2.45, 2.75) is 45.6 Å². The maximum absolute atomic E-state index is 5.44. The van der Waals surface area contributed by atoms with Gasteiger partial charge in [-0.1, -0.05) is 6.92 Å². The molecule has 2 rings (SSSR count). The Hall–Kier alpha value is -1.00. The van der Waals surface area contributed by atoms with Gasteiger partial charge in [0, 0.05) is 19.4 Å². The summed E-state index contributed by atoms with van der Waals surface area (Å²) >= 11 is 0. The van der Waals surface area contributed by atoms with E-state index in [0.29, 0.717) is 6.04 Å². The molecule has 1 aliphatic heterocycles. The lowest BCUT2D eigenvalue weighted by atomic mass is 9.91. The third-order valence-electron chi connectivity index (χ3n) is 3.71. The van der Waals surface area contributed by atoms with E-state index < -0.39 is 0 Å². The van der Waals surface area contributed by atoms with Crippen molar-refractivity contribution < 1.29 is 4.74 Å². The molecular weight excluding hydrogens is 238 g/mol. The van der Waals surface area contributed by atoms with E-state index in [-0.39, 0.29) is 0 Å². The van der Waals surface area contributed by atoms with E-state index in [1.54, 1.807) is 0 Å². The standard InChI is InChI=1S/C15H25N3O/c1-3-6-16-14(9-13-4-7-19-8-5-13)15-11-17-12(2)10-18-15/h10-11,13-14,16H,3-9H2,1-2H3. The van der Waals surface area contributed by atoms with Gasteiger partial charge in [-0.2, -0.15) is 0 Å². The van der Waals surface area contributed by atoms with E-state index in [4.69, 9.17) is 4.74 Å². The van der Waals surface area contributed by atoms with Crippen molar-refractivity contribution in [3.8, 4) is 0 Å². The van der Waals surface area contributed by atoms with Crippen molar-refractivity contribution in [3.05, 3.63) is 23.8 Å². The van der Waals surface area contributed by atoms with Gasteiger partial charge < -0.3 is 10.1 Å². The number of hydrogen-bond donors (Lipinski definition) is 1. The maximum Gasteiger partial charge on any atom is 0.0756 e. The first-order valence-electron chi connectivity index (χ1n) is 7.39. The van der Waals surface area contributed by atoms with Crippen molar-refractivity contribution in [1.29, 1.82) is 0 Å². The van der Waals surface area contributed by atoms with E-state index in [0.717, 1.165) is 49.9 Å². The normalized spacial score (nSPS) is 18.4. The molecule has 1 atom stereocenters. The van der Waals surface area contributed by atoms with Gasteiger partial charge in [0.1, 0.15) is 0 Å². The van der Waals surface area contributed by atoms with Gasteiger partial charge in [-0.3, -0.25) is 9.97 Å². The minimum atomic E-state index is 0.330. The van der Waals surface area contributed by atoms with Crippen molar-refractivity contribution in [1.82, 2.24) is 15.3 Å². The van der Waals surface area contributed by atoms with Gasteiger partial charge >= 0.3 is 0 Å². The molecule has 0 aromatic carbocycles. The second-order valence-electron chi connectivity index (χ2n) is 5.38. The lowest BCUT2D eigenvalue weighted by Crippen LogP contribution is -2.27. The SMILES string of the molecule is CCCNC(CC1CCOCC1)c1cnc(C)cn1. The minimum absolute atomic E-state index is 0.330. The molecule has 4 nitrogen and oxygen atoms in total. The first kappa shape index (κ1) is 14.4. The Kier molecular flexibility index (Phi) is 5.73. The van der Waals surface area contributed by atoms with Gasteiger partial charge in [0.25, 0.3) is 0 Å². The lowest BCUT2D eigenvalue weighted by Gasteiger charge is -2.27. The zero-order valence-corrected chi connectivity index (χ0v) is 12.1. The second kappa shape index (κ2) is 7.56. The van der Waals surface area contributed by atoms with Gasteiger partial charge in [0.05, 0.1) is 23.6 Å². The first-order chi connectivity index (χ1) is 9.29. The summed E-state index contributed by atoms with van der Waals surface area (Å²) in [5.74, 6) is 0.742. The van der Waals surface area contributed by atoms with Crippen LogP contribution >= 0.6 is 0 Å². The molecule has 2 heterocycles. The van der Waals surface area contributed by atoms with Crippen molar-refractivity contribution in [2.75, 3.05) is 19.8 Å². The Morgan fingerprint density at radius 1 is 1.32 bits per heavy atom. The molecule has 1 aliphatic rings. The van der Waals surface area contributed by atoms with Crippen LogP contribution in [0.1, 0.15) is 50.0 Å². The number of hydrogen-bond acceptors (Lipinski definition) is 4. The summed E-state index contributed by atoms with van der Waals surface area (Å²) in [5.41, 5.74) is 2.05. The molecule has 0 spiro atoms.